The number of carboxylic acid groups (broad SMARTS) is 1. The summed E-state index contributed by atoms with van der Waals surface area (Å²) in [7, 11) is 0. The van der Waals surface area contributed by atoms with E-state index in [2.05, 4.69) is 5.32 Å². The van der Waals surface area contributed by atoms with Gasteiger partial charge in [-0.15, -0.1) is 0 Å². The predicted octanol–water partition coefficient (Wildman–Crippen LogP) is 0.574. The zero-order valence-corrected chi connectivity index (χ0v) is 11.0. The highest BCUT2D eigenvalue weighted by atomic mass is 16.4. The Bertz CT molecular complexity index is 726. The van der Waals surface area contributed by atoms with Crippen LogP contribution in [0.4, 0.5) is 0 Å². The van der Waals surface area contributed by atoms with E-state index in [0.29, 0.717) is 11.1 Å². The summed E-state index contributed by atoms with van der Waals surface area (Å²) in [5.41, 5.74) is -0.538. The molecule has 1 aromatic heterocycles. The number of carbonyl (C=O) groups excluding carboxylic acids is 1. The van der Waals surface area contributed by atoms with Crippen LogP contribution in [0.2, 0.25) is 0 Å². The highest BCUT2D eigenvalue weighted by molar-refractivity contribution is 5.86. The lowest BCUT2D eigenvalue weighted by Crippen LogP contribution is -2.51. The second-order valence-corrected chi connectivity index (χ2v) is 4.90. The van der Waals surface area contributed by atoms with Gasteiger partial charge in [0.15, 0.2) is 5.58 Å². The van der Waals surface area contributed by atoms with E-state index >= 15 is 0 Å². The maximum atomic E-state index is 11.9. The first-order chi connectivity index (χ1) is 9.31. The van der Waals surface area contributed by atoms with Gasteiger partial charge >= 0.3 is 11.7 Å². The molecule has 1 aromatic carbocycles. The van der Waals surface area contributed by atoms with Crippen molar-refractivity contribution in [2.24, 2.45) is 0 Å². The van der Waals surface area contributed by atoms with Gasteiger partial charge in [0.25, 0.3) is 0 Å². The fraction of sp³-hybridized carbons (Fsp3) is 0.308. The molecule has 0 aliphatic heterocycles. The standard InChI is InChI=1S/C13H14N2O5/c1-13(2,11(17)18)14-10(16)7-15-8-5-3-4-6-9(8)20-12(15)19/h3-6H,7H2,1-2H3,(H,14,16)(H,17,18). The molecular formula is C13H14N2O5. The number of para-hydroxylation sites is 2. The average Bonchev–Trinajstić information content (AvgIpc) is 2.65. The zero-order chi connectivity index (χ0) is 14.9. The number of fused-ring (bicyclic) bond motifs is 1. The quantitative estimate of drug-likeness (QED) is 0.851. The van der Waals surface area contributed by atoms with E-state index in [1.807, 2.05) is 0 Å². The van der Waals surface area contributed by atoms with Gasteiger partial charge in [0, 0.05) is 0 Å². The molecule has 2 N–H and O–H groups in total. The van der Waals surface area contributed by atoms with Crippen LogP contribution in [0.1, 0.15) is 13.8 Å². The van der Waals surface area contributed by atoms with Crippen molar-refractivity contribution in [3.05, 3.63) is 34.8 Å². The van der Waals surface area contributed by atoms with E-state index in [4.69, 9.17) is 9.52 Å². The van der Waals surface area contributed by atoms with Crippen LogP contribution in [-0.4, -0.2) is 27.1 Å². The second kappa shape index (κ2) is 4.84. The van der Waals surface area contributed by atoms with Gasteiger partial charge in [0.2, 0.25) is 5.91 Å². The molecule has 1 amide bonds. The zero-order valence-electron chi connectivity index (χ0n) is 11.0. The molecule has 0 saturated carbocycles. The molecule has 0 radical (unpaired) electrons. The highest BCUT2D eigenvalue weighted by Gasteiger charge is 2.29. The molecule has 2 rings (SSSR count). The average molecular weight is 278 g/mol. The monoisotopic (exact) mass is 278 g/mol. The van der Waals surface area contributed by atoms with Crippen molar-refractivity contribution in [2.75, 3.05) is 0 Å². The first kappa shape index (κ1) is 13.9. The van der Waals surface area contributed by atoms with Crippen LogP contribution < -0.4 is 11.1 Å². The summed E-state index contributed by atoms with van der Waals surface area (Å²) in [6, 6.07) is 6.69. The summed E-state index contributed by atoms with van der Waals surface area (Å²) >= 11 is 0. The lowest BCUT2D eigenvalue weighted by Gasteiger charge is -2.20. The summed E-state index contributed by atoms with van der Waals surface area (Å²) in [4.78, 5) is 34.5. The summed E-state index contributed by atoms with van der Waals surface area (Å²) in [5.74, 6) is -2.39. The maximum Gasteiger partial charge on any atom is 0.420 e. The van der Waals surface area contributed by atoms with Crippen LogP contribution >= 0.6 is 0 Å². The van der Waals surface area contributed by atoms with Crippen molar-refractivity contribution in [1.82, 2.24) is 9.88 Å². The van der Waals surface area contributed by atoms with Gasteiger partial charge in [-0.3, -0.25) is 9.36 Å². The fourth-order valence-electron chi connectivity index (χ4n) is 1.75. The van der Waals surface area contributed by atoms with Gasteiger partial charge in [-0.2, -0.15) is 0 Å². The van der Waals surface area contributed by atoms with Gasteiger partial charge in [-0.25, -0.2) is 9.59 Å². The van der Waals surface area contributed by atoms with Crippen LogP contribution in [0.5, 0.6) is 0 Å². The Labute approximate surface area is 113 Å². The Balaban J connectivity index is 2.25. The van der Waals surface area contributed by atoms with Crippen molar-refractivity contribution >= 4 is 23.0 Å². The molecule has 7 heteroatoms. The SMILES string of the molecule is CC(C)(NC(=O)Cn1c(=O)oc2ccccc21)C(=O)O. The molecule has 0 bridgehead atoms. The number of carbonyl (C=O) groups is 2. The Morgan fingerprint density at radius 2 is 2.00 bits per heavy atom. The first-order valence-corrected chi connectivity index (χ1v) is 5.94. The van der Waals surface area contributed by atoms with E-state index in [0.717, 1.165) is 4.57 Å². The van der Waals surface area contributed by atoms with Crippen molar-refractivity contribution in [3.8, 4) is 0 Å². The molecule has 0 aliphatic rings. The van der Waals surface area contributed by atoms with Gasteiger partial charge < -0.3 is 14.8 Å². The van der Waals surface area contributed by atoms with E-state index in [1.54, 1.807) is 24.3 Å². The summed E-state index contributed by atoms with van der Waals surface area (Å²) in [6.45, 7) is 2.43. The van der Waals surface area contributed by atoms with Crippen LogP contribution in [-0.2, 0) is 16.1 Å². The Morgan fingerprint density at radius 3 is 2.65 bits per heavy atom. The topological polar surface area (TPSA) is 102 Å². The van der Waals surface area contributed by atoms with E-state index < -0.39 is 23.2 Å². The lowest BCUT2D eigenvalue weighted by atomic mass is 10.1. The van der Waals surface area contributed by atoms with Gasteiger partial charge in [-0.05, 0) is 26.0 Å². The third-order valence-corrected chi connectivity index (χ3v) is 2.86. The molecule has 7 nitrogen and oxygen atoms in total. The summed E-state index contributed by atoms with van der Waals surface area (Å²) < 4.78 is 6.14. The lowest BCUT2D eigenvalue weighted by molar-refractivity contribution is -0.146. The predicted molar refractivity (Wildman–Crippen MR) is 70.3 cm³/mol. The Hall–Kier alpha value is -2.57. The molecular weight excluding hydrogens is 264 g/mol. The molecule has 0 aliphatic carbocycles. The molecule has 2 aromatic rings. The smallest absolute Gasteiger partial charge is 0.420 e. The largest absolute Gasteiger partial charge is 0.480 e. The van der Waals surface area contributed by atoms with Crippen LogP contribution in [0, 0.1) is 0 Å². The number of hydrogen-bond acceptors (Lipinski definition) is 4. The molecule has 0 unspecified atom stereocenters. The van der Waals surface area contributed by atoms with Crippen molar-refractivity contribution < 1.29 is 19.1 Å². The fourth-order valence-corrected chi connectivity index (χ4v) is 1.75. The minimum atomic E-state index is -1.40. The molecule has 106 valence electrons. The van der Waals surface area contributed by atoms with Crippen LogP contribution in [0.15, 0.2) is 33.5 Å². The number of rotatable bonds is 4. The first-order valence-electron chi connectivity index (χ1n) is 5.94. The number of amides is 1. The van der Waals surface area contributed by atoms with Crippen LogP contribution in [0.25, 0.3) is 11.1 Å². The molecule has 0 fully saturated rings. The van der Waals surface area contributed by atoms with E-state index in [9.17, 15) is 14.4 Å². The maximum absolute atomic E-state index is 11.9. The third-order valence-electron chi connectivity index (χ3n) is 2.86. The van der Waals surface area contributed by atoms with E-state index in [1.165, 1.54) is 13.8 Å². The summed E-state index contributed by atoms with van der Waals surface area (Å²) in [5, 5.41) is 11.3. The summed E-state index contributed by atoms with van der Waals surface area (Å²) in [6.07, 6.45) is 0. The van der Waals surface area contributed by atoms with Crippen molar-refractivity contribution in [1.29, 1.82) is 0 Å². The van der Waals surface area contributed by atoms with Crippen molar-refractivity contribution in [3.63, 3.8) is 0 Å². The minimum absolute atomic E-state index is 0.299. The number of nitrogens with zero attached hydrogens (tertiary/aromatic N) is 1. The van der Waals surface area contributed by atoms with Gasteiger partial charge in [0.05, 0.1) is 5.52 Å². The third kappa shape index (κ3) is 2.56. The number of benzene rings is 1. The number of carboxylic acids is 1. The minimum Gasteiger partial charge on any atom is -0.480 e. The Kier molecular flexibility index (Phi) is 3.35. The number of hydrogen-bond donors (Lipinski definition) is 2. The van der Waals surface area contributed by atoms with Gasteiger partial charge in [-0.1, -0.05) is 12.1 Å². The normalized spacial score (nSPS) is 11.5. The van der Waals surface area contributed by atoms with Crippen molar-refractivity contribution in [2.45, 2.75) is 25.9 Å². The molecule has 0 saturated heterocycles. The van der Waals surface area contributed by atoms with Crippen LogP contribution in [0.3, 0.4) is 0 Å². The Morgan fingerprint density at radius 1 is 1.35 bits per heavy atom. The molecule has 0 spiro atoms. The van der Waals surface area contributed by atoms with Gasteiger partial charge in [0.1, 0.15) is 12.1 Å². The number of oxazole rings is 1. The molecule has 1 heterocycles. The number of aromatic nitrogens is 1. The molecule has 20 heavy (non-hydrogen) atoms. The second-order valence-electron chi connectivity index (χ2n) is 4.90. The number of aliphatic carboxylic acids is 1. The highest BCUT2D eigenvalue weighted by Crippen LogP contribution is 2.11. The number of nitrogens with one attached hydrogen (secondary N) is 1. The molecule has 0 atom stereocenters. The van der Waals surface area contributed by atoms with E-state index in [-0.39, 0.29) is 6.54 Å².